The van der Waals surface area contributed by atoms with Crippen molar-refractivity contribution < 1.29 is 0 Å². The fourth-order valence-corrected chi connectivity index (χ4v) is 2.52. The summed E-state index contributed by atoms with van der Waals surface area (Å²) < 4.78 is 0. The van der Waals surface area contributed by atoms with Gasteiger partial charge in [-0.15, -0.1) is 0 Å². The van der Waals surface area contributed by atoms with E-state index in [-0.39, 0.29) is 0 Å². The molecule has 0 amide bonds. The Morgan fingerprint density at radius 2 is 1.32 bits per heavy atom. The summed E-state index contributed by atoms with van der Waals surface area (Å²) in [5.74, 6) is 0. The minimum atomic E-state index is 0.381. The fraction of sp³-hybridized carbons (Fsp3) is 0.0435. The van der Waals surface area contributed by atoms with Crippen LogP contribution in [0.2, 0.25) is 0 Å². The van der Waals surface area contributed by atoms with Gasteiger partial charge in [-0.25, -0.2) is 4.99 Å². The fourth-order valence-electron chi connectivity index (χ4n) is 2.52. The number of rotatable bonds is 4. The molecule has 0 aliphatic rings. The number of benzene rings is 3. The number of hydrogen-bond acceptors (Lipinski definition) is 2. The number of allylic oxidation sites excluding steroid dienone is 1. The molecular formula is C23H18N2. The maximum Gasteiger partial charge on any atom is 0.141 e. The van der Waals surface area contributed by atoms with Crippen molar-refractivity contribution in [1.29, 1.82) is 5.26 Å². The summed E-state index contributed by atoms with van der Waals surface area (Å²) in [6.45, 7) is 2.04. The summed E-state index contributed by atoms with van der Waals surface area (Å²) in [6, 6.07) is 30.1. The highest BCUT2D eigenvalue weighted by molar-refractivity contribution is 6.13. The summed E-state index contributed by atoms with van der Waals surface area (Å²) in [6.07, 6.45) is 1.81. The van der Waals surface area contributed by atoms with Gasteiger partial charge in [0.2, 0.25) is 0 Å². The first-order valence-corrected chi connectivity index (χ1v) is 8.14. The van der Waals surface area contributed by atoms with Crippen LogP contribution in [0.25, 0.3) is 6.08 Å². The highest BCUT2D eigenvalue weighted by Crippen LogP contribution is 2.15. The van der Waals surface area contributed by atoms with E-state index in [1.54, 1.807) is 0 Å². The van der Waals surface area contributed by atoms with Crippen LogP contribution in [0.5, 0.6) is 0 Å². The lowest BCUT2D eigenvalue weighted by Gasteiger charge is -2.07. The van der Waals surface area contributed by atoms with Crippen LogP contribution in [0.1, 0.15) is 22.3 Å². The van der Waals surface area contributed by atoms with Gasteiger partial charge >= 0.3 is 0 Å². The number of nitrogens with zero attached hydrogens (tertiary/aromatic N) is 2. The SMILES string of the molecule is Cc1ccc(/C=C(\C#N)N=C(c2ccccc2)c2ccccc2)cc1. The molecule has 3 aromatic rings. The van der Waals surface area contributed by atoms with Gasteiger partial charge in [0.15, 0.2) is 0 Å². The lowest BCUT2D eigenvalue weighted by atomic mass is 10.0. The number of nitriles is 1. The molecule has 3 rings (SSSR count). The van der Waals surface area contributed by atoms with Gasteiger partial charge in [-0.2, -0.15) is 5.26 Å². The molecule has 0 aliphatic carbocycles. The van der Waals surface area contributed by atoms with E-state index in [2.05, 4.69) is 11.1 Å². The topological polar surface area (TPSA) is 36.1 Å². The van der Waals surface area contributed by atoms with Crippen molar-refractivity contribution in [3.05, 3.63) is 113 Å². The molecule has 0 atom stereocenters. The normalized spacial score (nSPS) is 10.8. The van der Waals surface area contributed by atoms with Gasteiger partial charge in [0, 0.05) is 11.1 Å². The second kappa shape index (κ2) is 7.90. The highest BCUT2D eigenvalue weighted by atomic mass is 14.8. The van der Waals surface area contributed by atoms with Gasteiger partial charge in [-0.05, 0) is 18.6 Å². The maximum atomic E-state index is 9.56. The van der Waals surface area contributed by atoms with E-state index in [9.17, 15) is 5.26 Å². The molecule has 0 spiro atoms. The van der Waals surface area contributed by atoms with Crippen LogP contribution in [0, 0.1) is 18.3 Å². The zero-order valence-corrected chi connectivity index (χ0v) is 14.1. The van der Waals surface area contributed by atoms with E-state index in [4.69, 9.17) is 0 Å². The first kappa shape index (κ1) is 16.4. The molecule has 0 radical (unpaired) electrons. The summed E-state index contributed by atoms with van der Waals surface area (Å²) >= 11 is 0. The van der Waals surface area contributed by atoms with Gasteiger partial charge in [-0.3, -0.25) is 0 Å². The Balaban J connectivity index is 2.08. The minimum Gasteiger partial charge on any atom is -0.236 e. The molecule has 0 heterocycles. The van der Waals surface area contributed by atoms with Crippen LogP contribution in [0.4, 0.5) is 0 Å². The average Bonchev–Trinajstić information content (AvgIpc) is 2.68. The predicted octanol–water partition coefficient (Wildman–Crippen LogP) is 5.40. The Kier molecular flexibility index (Phi) is 5.19. The standard InChI is InChI=1S/C23H18N2/c1-18-12-14-19(15-13-18)16-22(17-24)25-23(20-8-4-2-5-9-20)21-10-6-3-7-11-21/h2-16H,1H3/b22-16+. The molecule has 0 fully saturated rings. The minimum absolute atomic E-state index is 0.381. The van der Waals surface area contributed by atoms with Gasteiger partial charge < -0.3 is 0 Å². The van der Waals surface area contributed by atoms with E-state index >= 15 is 0 Å². The molecular weight excluding hydrogens is 304 g/mol. The lowest BCUT2D eigenvalue weighted by molar-refractivity contribution is 1.38. The molecule has 2 heteroatoms. The summed E-state index contributed by atoms with van der Waals surface area (Å²) in [5.41, 5.74) is 5.30. The first-order chi connectivity index (χ1) is 12.3. The third kappa shape index (κ3) is 4.31. The predicted molar refractivity (Wildman–Crippen MR) is 103 cm³/mol. The van der Waals surface area contributed by atoms with Crippen molar-refractivity contribution in [2.45, 2.75) is 6.92 Å². The molecule has 0 aromatic heterocycles. The zero-order chi connectivity index (χ0) is 17.5. The van der Waals surface area contributed by atoms with Crippen LogP contribution < -0.4 is 0 Å². The molecule has 0 bridgehead atoms. The van der Waals surface area contributed by atoms with E-state index in [0.29, 0.717) is 5.70 Å². The van der Waals surface area contributed by atoms with Crippen molar-refractivity contribution in [1.82, 2.24) is 0 Å². The Hall–Kier alpha value is -3.44. The Morgan fingerprint density at radius 1 is 0.800 bits per heavy atom. The van der Waals surface area contributed by atoms with Crippen LogP contribution in [0.15, 0.2) is 95.6 Å². The third-order valence-corrected chi connectivity index (χ3v) is 3.82. The summed E-state index contributed by atoms with van der Waals surface area (Å²) in [4.78, 5) is 4.67. The lowest BCUT2D eigenvalue weighted by Crippen LogP contribution is -2.03. The molecule has 3 aromatic carbocycles. The summed E-state index contributed by atoms with van der Waals surface area (Å²) in [7, 11) is 0. The van der Waals surface area contributed by atoms with E-state index in [1.165, 1.54) is 5.56 Å². The van der Waals surface area contributed by atoms with Crippen molar-refractivity contribution >= 4 is 11.8 Å². The Bertz CT molecular complexity index is 887. The van der Waals surface area contributed by atoms with Crippen LogP contribution in [-0.4, -0.2) is 5.71 Å². The first-order valence-electron chi connectivity index (χ1n) is 8.14. The van der Waals surface area contributed by atoms with Gasteiger partial charge in [0.25, 0.3) is 0 Å². The maximum absolute atomic E-state index is 9.56. The monoisotopic (exact) mass is 322 g/mol. The van der Waals surface area contributed by atoms with Crippen LogP contribution in [0.3, 0.4) is 0 Å². The molecule has 25 heavy (non-hydrogen) atoms. The van der Waals surface area contributed by atoms with Gasteiger partial charge in [0.1, 0.15) is 11.8 Å². The zero-order valence-electron chi connectivity index (χ0n) is 14.1. The molecule has 0 saturated heterocycles. The van der Waals surface area contributed by atoms with E-state index in [1.807, 2.05) is 97.9 Å². The largest absolute Gasteiger partial charge is 0.236 e. The van der Waals surface area contributed by atoms with Crippen LogP contribution in [-0.2, 0) is 0 Å². The average molecular weight is 322 g/mol. The molecule has 0 unspecified atom stereocenters. The van der Waals surface area contributed by atoms with Crippen LogP contribution >= 0.6 is 0 Å². The van der Waals surface area contributed by atoms with Gasteiger partial charge in [-0.1, -0.05) is 90.5 Å². The Labute approximate surface area is 148 Å². The van der Waals surface area contributed by atoms with Crippen molar-refractivity contribution in [3.8, 4) is 6.07 Å². The molecule has 120 valence electrons. The number of aryl methyl sites for hydroxylation is 1. The quantitative estimate of drug-likeness (QED) is 0.468. The molecule has 0 N–H and O–H groups in total. The van der Waals surface area contributed by atoms with Crippen molar-refractivity contribution in [2.75, 3.05) is 0 Å². The number of aliphatic imine (C=N–C) groups is 1. The molecule has 2 nitrogen and oxygen atoms in total. The summed E-state index contributed by atoms with van der Waals surface area (Å²) in [5, 5.41) is 9.56. The number of hydrogen-bond donors (Lipinski definition) is 0. The van der Waals surface area contributed by atoms with Gasteiger partial charge in [0.05, 0.1) is 5.71 Å². The molecule has 0 aliphatic heterocycles. The van der Waals surface area contributed by atoms with Crippen molar-refractivity contribution in [2.24, 2.45) is 4.99 Å². The smallest absolute Gasteiger partial charge is 0.141 e. The van der Waals surface area contributed by atoms with E-state index < -0.39 is 0 Å². The second-order valence-corrected chi connectivity index (χ2v) is 5.74. The third-order valence-electron chi connectivity index (χ3n) is 3.82. The Morgan fingerprint density at radius 3 is 1.80 bits per heavy atom. The molecule has 0 saturated carbocycles. The van der Waals surface area contributed by atoms with E-state index in [0.717, 1.165) is 22.4 Å². The highest BCUT2D eigenvalue weighted by Gasteiger charge is 2.07. The van der Waals surface area contributed by atoms with Crippen molar-refractivity contribution in [3.63, 3.8) is 0 Å². The second-order valence-electron chi connectivity index (χ2n) is 5.74.